The van der Waals surface area contributed by atoms with E-state index in [0.717, 1.165) is 42.6 Å². The molecule has 1 aromatic carbocycles. The number of aryl methyl sites for hydroxylation is 2. The molecule has 0 heterocycles. The number of benzene rings is 1. The maximum atomic E-state index is 11.4. The largest absolute Gasteiger partial charge is 0.496 e. The molecule has 0 unspecified atom stereocenters. The van der Waals surface area contributed by atoms with E-state index >= 15 is 0 Å². The molecule has 0 aliphatic heterocycles. The van der Waals surface area contributed by atoms with E-state index in [9.17, 15) is 9.59 Å². The van der Waals surface area contributed by atoms with E-state index in [2.05, 4.69) is 6.07 Å². The van der Waals surface area contributed by atoms with Gasteiger partial charge in [-0.15, -0.1) is 0 Å². The molecule has 0 aromatic heterocycles. The maximum absolute atomic E-state index is 11.4. The molecule has 0 N–H and O–H groups in total. The van der Waals surface area contributed by atoms with Crippen molar-refractivity contribution in [3.8, 4) is 5.75 Å². The Morgan fingerprint density at radius 2 is 1.50 bits per heavy atom. The Kier molecular flexibility index (Phi) is 9.58. The highest BCUT2D eigenvalue weighted by atomic mass is 16.5. The minimum Gasteiger partial charge on any atom is -0.496 e. The first-order valence-corrected chi connectivity index (χ1v) is 8.57. The number of rotatable bonds is 11. The second-order valence-corrected chi connectivity index (χ2v) is 5.46. The molecule has 0 bridgehead atoms. The minimum atomic E-state index is -0.165. The van der Waals surface area contributed by atoms with E-state index in [4.69, 9.17) is 14.2 Å². The van der Waals surface area contributed by atoms with Gasteiger partial charge >= 0.3 is 11.9 Å². The van der Waals surface area contributed by atoms with Crippen molar-refractivity contribution in [2.24, 2.45) is 0 Å². The summed E-state index contributed by atoms with van der Waals surface area (Å²) in [5.74, 6) is 0.510. The molecule has 0 aliphatic rings. The predicted molar refractivity (Wildman–Crippen MR) is 92.1 cm³/mol. The van der Waals surface area contributed by atoms with E-state index < -0.39 is 0 Å². The second-order valence-electron chi connectivity index (χ2n) is 5.46. The Labute approximate surface area is 144 Å². The smallest absolute Gasteiger partial charge is 0.305 e. The van der Waals surface area contributed by atoms with Gasteiger partial charge in [0.25, 0.3) is 0 Å². The van der Waals surface area contributed by atoms with Crippen molar-refractivity contribution in [2.45, 2.75) is 52.4 Å². The van der Waals surface area contributed by atoms with Crippen molar-refractivity contribution in [3.05, 3.63) is 29.3 Å². The fourth-order valence-electron chi connectivity index (χ4n) is 2.51. The van der Waals surface area contributed by atoms with Crippen LogP contribution in [0.3, 0.4) is 0 Å². The lowest BCUT2D eigenvalue weighted by atomic mass is 10.0. The molecule has 1 aromatic rings. The lowest BCUT2D eigenvalue weighted by Crippen LogP contribution is -2.05. The summed E-state index contributed by atoms with van der Waals surface area (Å²) >= 11 is 0. The Hall–Kier alpha value is -2.04. The first-order valence-electron chi connectivity index (χ1n) is 8.57. The highest BCUT2D eigenvalue weighted by Gasteiger charge is 2.08. The SMILES string of the molecule is CCOC(=O)CCCc1ccc(OC)c(CCCC(=O)OCC)c1. The third-order valence-corrected chi connectivity index (χ3v) is 3.63. The molecule has 0 saturated carbocycles. The van der Waals surface area contributed by atoms with Gasteiger partial charge in [-0.3, -0.25) is 9.59 Å². The first-order chi connectivity index (χ1) is 11.6. The van der Waals surface area contributed by atoms with Crippen LogP contribution in [-0.2, 0) is 31.9 Å². The van der Waals surface area contributed by atoms with Crippen LogP contribution in [0.15, 0.2) is 18.2 Å². The van der Waals surface area contributed by atoms with Gasteiger partial charge in [0.05, 0.1) is 20.3 Å². The van der Waals surface area contributed by atoms with E-state index in [-0.39, 0.29) is 11.9 Å². The van der Waals surface area contributed by atoms with Crippen molar-refractivity contribution in [1.82, 2.24) is 0 Å². The topological polar surface area (TPSA) is 61.8 Å². The lowest BCUT2D eigenvalue weighted by molar-refractivity contribution is -0.144. The van der Waals surface area contributed by atoms with Crippen LogP contribution in [0.2, 0.25) is 0 Å². The van der Waals surface area contributed by atoms with E-state index in [1.165, 1.54) is 0 Å². The molecule has 0 radical (unpaired) electrons. The monoisotopic (exact) mass is 336 g/mol. The highest BCUT2D eigenvalue weighted by Crippen LogP contribution is 2.23. The molecule has 0 amide bonds. The summed E-state index contributed by atoms with van der Waals surface area (Å²) in [6.07, 6.45) is 3.89. The van der Waals surface area contributed by atoms with Gasteiger partial charge in [-0.2, -0.15) is 0 Å². The van der Waals surface area contributed by atoms with Crippen molar-refractivity contribution in [2.75, 3.05) is 20.3 Å². The van der Waals surface area contributed by atoms with Gasteiger partial charge in [-0.25, -0.2) is 0 Å². The molecule has 0 atom stereocenters. The number of ether oxygens (including phenoxy) is 3. The minimum absolute atomic E-state index is 0.152. The van der Waals surface area contributed by atoms with Crippen LogP contribution in [0.5, 0.6) is 5.75 Å². The van der Waals surface area contributed by atoms with Crippen LogP contribution >= 0.6 is 0 Å². The fraction of sp³-hybridized carbons (Fsp3) is 0.579. The van der Waals surface area contributed by atoms with Crippen molar-refractivity contribution in [1.29, 1.82) is 0 Å². The number of carbonyl (C=O) groups excluding carboxylic acids is 2. The zero-order chi connectivity index (χ0) is 17.8. The number of esters is 2. The predicted octanol–water partition coefficient (Wildman–Crippen LogP) is 3.47. The van der Waals surface area contributed by atoms with Crippen LogP contribution in [0, 0.1) is 0 Å². The Morgan fingerprint density at radius 1 is 0.917 bits per heavy atom. The fourth-order valence-corrected chi connectivity index (χ4v) is 2.51. The van der Waals surface area contributed by atoms with Crippen LogP contribution in [0.25, 0.3) is 0 Å². The van der Waals surface area contributed by atoms with Crippen LogP contribution in [0.1, 0.15) is 50.7 Å². The van der Waals surface area contributed by atoms with Crippen molar-refractivity contribution >= 4 is 11.9 Å². The molecule has 0 spiro atoms. The van der Waals surface area contributed by atoms with Crippen molar-refractivity contribution < 1.29 is 23.8 Å². The zero-order valence-electron chi connectivity index (χ0n) is 14.9. The van der Waals surface area contributed by atoms with Gasteiger partial charge in [0, 0.05) is 12.8 Å². The third kappa shape index (κ3) is 7.49. The first kappa shape index (κ1) is 20.0. The van der Waals surface area contributed by atoms with Gasteiger partial charge in [-0.05, 0) is 56.7 Å². The molecule has 134 valence electrons. The van der Waals surface area contributed by atoms with Crippen LogP contribution in [-0.4, -0.2) is 32.3 Å². The molecule has 24 heavy (non-hydrogen) atoms. The second kappa shape index (κ2) is 11.5. The van der Waals surface area contributed by atoms with E-state index in [0.29, 0.717) is 26.1 Å². The summed E-state index contributed by atoms with van der Waals surface area (Å²) < 4.78 is 15.3. The molecular formula is C19H28O5. The molecule has 1 rings (SSSR count). The number of carbonyl (C=O) groups is 2. The number of hydrogen-bond donors (Lipinski definition) is 0. The average Bonchev–Trinajstić information content (AvgIpc) is 2.55. The quantitative estimate of drug-likeness (QED) is 0.579. The summed E-state index contributed by atoms with van der Waals surface area (Å²) in [7, 11) is 1.64. The van der Waals surface area contributed by atoms with Gasteiger partial charge in [-0.1, -0.05) is 12.1 Å². The third-order valence-electron chi connectivity index (χ3n) is 3.63. The summed E-state index contributed by atoms with van der Waals surface area (Å²) in [5.41, 5.74) is 2.24. The molecule has 5 heteroatoms. The molecule has 5 nitrogen and oxygen atoms in total. The van der Waals surface area contributed by atoms with Gasteiger partial charge < -0.3 is 14.2 Å². The molecular weight excluding hydrogens is 308 g/mol. The molecule has 0 fully saturated rings. The number of methoxy groups -OCH3 is 1. The van der Waals surface area contributed by atoms with Gasteiger partial charge in [0.1, 0.15) is 5.75 Å². The molecule has 0 saturated heterocycles. The highest BCUT2D eigenvalue weighted by molar-refractivity contribution is 5.69. The normalized spacial score (nSPS) is 10.3. The summed E-state index contributed by atoms with van der Waals surface area (Å²) in [4.78, 5) is 22.8. The van der Waals surface area contributed by atoms with Crippen LogP contribution in [0.4, 0.5) is 0 Å². The Morgan fingerprint density at radius 3 is 2.04 bits per heavy atom. The maximum Gasteiger partial charge on any atom is 0.305 e. The van der Waals surface area contributed by atoms with Crippen molar-refractivity contribution in [3.63, 3.8) is 0 Å². The Bertz CT molecular complexity index is 524. The van der Waals surface area contributed by atoms with Gasteiger partial charge in [0.2, 0.25) is 0 Å². The standard InChI is InChI=1S/C19H28O5/c1-4-23-18(20)10-6-8-15-12-13-17(22-3)16(14-15)9-7-11-19(21)24-5-2/h12-14H,4-11H2,1-3H3. The van der Waals surface area contributed by atoms with Crippen LogP contribution < -0.4 is 4.74 Å². The van der Waals surface area contributed by atoms with E-state index in [1.807, 2.05) is 19.1 Å². The lowest BCUT2D eigenvalue weighted by Gasteiger charge is -2.11. The molecule has 0 aliphatic carbocycles. The zero-order valence-corrected chi connectivity index (χ0v) is 14.9. The van der Waals surface area contributed by atoms with E-state index in [1.54, 1.807) is 14.0 Å². The summed E-state index contributed by atoms with van der Waals surface area (Å²) in [5, 5.41) is 0. The number of hydrogen-bond acceptors (Lipinski definition) is 5. The summed E-state index contributed by atoms with van der Waals surface area (Å²) in [6.45, 7) is 4.45. The van der Waals surface area contributed by atoms with Gasteiger partial charge in [0.15, 0.2) is 0 Å². The average molecular weight is 336 g/mol. The Balaban J connectivity index is 2.54. The summed E-state index contributed by atoms with van der Waals surface area (Å²) in [6, 6.07) is 6.05.